The highest BCUT2D eigenvalue weighted by Crippen LogP contribution is 2.21. The summed E-state index contributed by atoms with van der Waals surface area (Å²) in [5.41, 5.74) is 3.68. The summed E-state index contributed by atoms with van der Waals surface area (Å²) in [6.07, 6.45) is 1.60. The third-order valence-electron chi connectivity index (χ3n) is 4.60. The van der Waals surface area contributed by atoms with E-state index >= 15 is 0 Å². The minimum atomic E-state index is -0.125. The van der Waals surface area contributed by atoms with Gasteiger partial charge in [0.25, 0.3) is 0 Å². The van der Waals surface area contributed by atoms with Gasteiger partial charge in [0, 0.05) is 37.4 Å². The SMILES string of the molecule is COc1ccccc1CNCc1ccc(N2CCC(O)CC2)cc1. The first kappa shape index (κ1) is 16.8. The fourth-order valence-electron chi connectivity index (χ4n) is 3.14. The summed E-state index contributed by atoms with van der Waals surface area (Å²) in [6.45, 7) is 3.49. The Kier molecular flexibility index (Phi) is 5.72. The van der Waals surface area contributed by atoms with Crippen molar-refractivity contribution in [1.29, 1.82) is 0 Å². The first-order chi connectivity index (χ1) is 11.8. The van der Waals surface area contributed by atoms with Crippen LogP contribution < -0.4 is 15.0 Å². The second kappa shape index (κ2) is 8.18. The van der Waals surface area contributed by atoms with Crippen LogP contribution in [0.25, 0.3) is 0 Å². The lowest BCUT2D eigenvalue weighted by Crippen LogP contribution is -2.35. The van der Waals surface area contributed by atoms with Gasteiger partial charge in [-0.2, -0.15) is 0 Å². The zero-order chi connectivity index (χ0) is 16.8. The van der Waals surface area contributed by atoms with Gasteiger partial charge in [-0.15, -0.1) is 0 Å². The van der Waals surface area contributed by atoms with Crippen LogP contribution in [0.3, 0.4) is 0 Å². The Labute approximate surface area is 144 Å². The molecule has 0 spiro atoms. The second-order valence-electron chi connectivity index (χ2n) is 6.30. The number of aliphatic hydroxyl groups excluding tert-OH is 1. The van der Waals surface area contributed by atoms with Crippen molar-refractivity contribution < 1.29 is 9.84 Å². The van der Waals surface area contributed by atoms with Crippen molar-refractivity contribution in [3.05, 3.63) is 59.7 Å². The summed E-state index contributed by atoms with van der Waals surface area (Å²) in [7, 11) is 1.71. The minimum Gasteiger partial charge on any atom is -0.496 e. The first-order valence-corrected chi connectivity index (χ1v) is 8.61. The van der Waals surface area contributed by atoms with Crippen LogP contribution in [0.4, 0.5) is 5.69 Å². The van der Waals surface area contributed by atoms with Crippen molar-refractivity contribution in [3.63, 3.8) is 0 Å². The topological polar surface area (TPSA) is 44.7 Å². The maximum absolute atomic E-state index is 9.60. The maximum atomic E-state index is 9.60. The molecule has 0 saturated carbocycles. The lowest BCUT2D eigenvalue weighted by atomic mass is 10.1. The van der Waals surface area contributed by atoms with Crippen LogP contribution in [0.15, 0.2) is 48.5 Å². The molecule has 128 valence electrons. The van der Waals surface area contributed by atoms with E-state index in [9.17, 15) is 5.11 Å². The van der Waals surface area contributed by atoms with E-state index < -0.39 is 0 Å². The second-order valence-corrected chi connectivity index (χ2v) is 6.30. The van der Waals surface area contributed by atoms with E-state index in [2.05, 4.69) is 40.5 Å². The lowest BCUT2D eigenvalue weighted by molar-refractivity contribution is 0.145. The molecule has 4 heteroatoms. The normalized spacial score (nSPS) is 15.5. The van der Waals surface area contributed by atoms with Gasteiger partial charge in [0.15, 0.2) is 0 Å². The number of piperidine rings is 1. The van der Waals surface area contributed by atoms with Crippen LogP contribution in [0.2, 0.25) is 0 Å². The number of methoxy groups -OCH3 is 1. The Bertz CT molecular complexity index is 634. The molecule has 1 aliphatic heterocycles. The van der Waals surface area contributed by atoms with Crippen molar-refractivity contribution in [1.82, 2.24) is 5.32 Å². The average molecular weight is 326 g/mol. The standard InChI is InChI=1S/C20H26N2O2/c1-24-20-5-3-2-4-17(20)15-21-14-16-6-8-18(9-7-16)22-12-10-19(23)11-13-22/h2-9,19,21,23H,10-15H2,1H3. The highest BCUT2D eigenvalue weighted by atomic mass is 16.5. The van der Waals surface area contributed by atoms with E-state index in [0.717, 1.165) is 44.8 Å². The average Bonchev–Trinajstić information content (AvgIpc) is 2.63. The molecule has 4 nitrogen and oxygen atoms in total. The largest absolute Gasteiger partial charge is 0.496 e. The predicted molar refractivity (Wildman–Crippen MR) is 97.4 cm³/mol. The Morgan fingerprint density at radius 3 is 2.46 bits per heavy atom. The van der Waals surface area contributed by atoms with Crippen LogP contribution >= 0.6 is 0 Å². The van der Waals surface area contributed by atoms with E-state index in [-0.39, 0.29) is 6.10 Å². The minimum absolute atomic E-state index is 0.125. The van der Waals surface area contributed by atoms with Crippen molar-refractivity contribution in [2.24, 2.45) is 0 Å². The quantitative estimate of drug-likeness (QED) is 0.857. The van der Waals surface area contributed by atoms with Gasteiger partial charge >= 0.3 is 0 Å². The smallest absolute Gasteiger partial charge is 0.123 e. The first-order valence-electron chi connectivity index (χ1n) is 8.61. The molecule has 2 aromatic rings. The summed E-state index contributed by atoms with van der Waals surface area (Å²) in [5, 5.41) is 13.1. The third-order valence-corrected chi connectivity index (χ3v) is 4.60. The zero-order valence-electron chi connectivity index (χ0n) is 14.2. The molecule has 0 atom stereocenters. The molecule has 24 heavy (non-hydrogen) atoms. The van der Waals surface area contributed by atoms with E-state index in [1.165, 1.54) is 16.8 Å². The number of anilines is 1. The van der Waals surface area contributed by atoms with Gasteiger partial charge in [0.05, 0.1) is 13.2 Å². The summed E-state index contributed by atoms with van der Waals surface area (Å²) in [6, 6.07) is 16.8. The van der Waals surface area contributed by atoms with Crippen LogP contribution in [0.1, 0.15) is 24.0 Å². The van der Waals surface area contributed by atoms with Gasteiger partial charge in [-0.25, -0.2) is 0 Å². The monoisotopic (exact) mass is 326 g/mol. The number of rotatable bonds is 6. The number of benzene rings is 2. The molecular weight excluding hydrogens is 300 g/mol. The van der Waals surface area contributed by atoms with Crippen molar-refractivity contribution in [2.75, 3.05) is 25.1 Å². The molecule has 0 radical (unpaired) electrons. The predicted octanol–water partition coefficient (Wildman–Crippen LogP) is 2.95. The Morgan fingerprint density at radius 2 is 1.75 bits per heavy atom. The summed E-state index contributed by atoms with van der Waals surface area (Å²) < 4.78 is 5.38. The van der Waals surface area contributed by atoms with Gasteiger partial charge in [-0.1, -0.05) is 30.3 Å². The number of nitrogens with zero attached hydrogens (tertiary/aromatic N) is 1. The van der Waals surface area contributed by atoms with Gasteiger partial charge < -0.3 is 20.1 Å². The molecule has 3 rings (SSSR count). The third kappa shape index (κ3) is 4.28. The molecule has 0 bridgehead atoms. The fourth-order valence-corrected chi connectivity index (χ4v) is 3.14. The van der Waals surface area contributed by atoms with Gasteiger partial charge in [0.2, 0.25) is 0 Å². The molecule has 2 aromatic carbocycles. The molecule has 1 saturated heterocycles. The van der Waals surface area contributed by atoms with E-state index in [1.54, 1.807) is 7.11 Å². The molecule has 0 aliphatic carbocycles. The number of hydrogen-bond donors (Lipinski definition) is 2. The fraction of sp³-hybridized carbons (Fsp3) is 0.400. The van der Waals surface area contributed by atoms with E-state index in [4.69, 9.17) is 4.74 Å². The van der Waals surface area contributed by atoms with E-state index in [0.29, 0.717) is 0 Å². The van der Waals surface area contributed by atoms with Crippen LogP contribution in [-0.2, 0) is 13.1 Å². The number of ether oxygens (including phenoxy) is 1. The van der Waals surface area contributed by atoms with Gasteiger partial charge in [-0.05, 0) is 36.6 Å². The molecule has 0 aromatic heterocycles. The zero-order valence-corrected chi connectivity index (χ0v) is 14.2. The molecule has 1 heterocycles. The Hall–Kier alpha value is -2.04. The molecule has 2 N–H and O–H groups in total. The van der Waals surface area contributed by atoms with E-state index in [1.807, 2.05) is 18.2 Å². The Balaban J connectivity index is 1.51. The maximum Gasteiger partial charge on any atom is 0.123 e. The molecular formula is C20H26N2O2. The van der Waals surface area contributed by atoms with Crippen molar-refractivity contribution in [2.45, 2.75) is 32.0 Å². The number of aliphatic hydroxyl groups is 1. The van der Waals surface area contributed by atoms with Gasteiger partial charge in [0.1, 0.15) is 5.75 Å². The lowest BCUT2D eigenvalue weighted by Gasteiger charge is -2.31. The highest BCUT2D eigenvalue weighted by molar-refractivity contribution is 5.48. The number of nitrogens with one attached hydrogen (secondary N) is 1. The van der Waals surface area contributed by atoms with Crippen molar-refractivity contribution >= 4 is 5.69 Å². The molecule has 0 unspecified atom stereocenters. The van der Waals surface area contributed by atoms with Crippen molar-refractivity contribution in [3.8, 4) is 5.75 Å². The molecule has 0 amide bonds. The summed E-state index contributed by atoms with van der Waals surface area (Å²) >= 11 is 0. The summed E-state index contributed by atoms with van der Waals surface area (Å²) in [5.74, 6) is 0.924. The van der Waals surface area contributed by atoms with Gasteiger partial charge in [-0.3, -0.25) is 0 Å². The van der Waals surface area contributed by atoms with Crippen LogP contribution in [-0.4, -0.2) is 31.4 Å². The van der Waals surface area contributed by atoms with Crippen LogP contribution in [0.5, 0.6) is 5.75 Å². The molecule has 1 fully saturated rings. The highest BCUT2D eigenvalue weighted by Gasteiger charge is 2.16. The van der Waals surface area contributed by atoms with Crippen LogP contribution in [0, 0.1) is 0 Å². The molecule has 1 aliphatic rings. The number of para-hydroxylation sites is 1. The Morgan fingerprint density at radius 1 is 1.04 bits per heavy atom. The number of hydrogen-bond acceptors (Lipinski definition) is 4. The summed E-state index contributed by atoms with van der Waals surface area (Å²) in [4.78, 5) is 2.35.